The van der Waals surface area contributed by atoms with Crippen molar-refractivity contribution in [1.29, 1.82) is 0 Å². The first-order valence-corrected chi connectivity index (χ1v) is 8.11. The van der Waals surface area contributed by atoms with E-state index < -0.39 is 24.5 Å². The lowest BCUT2D eigenvalue weighted by Crippen LogP contribution is -2.30. The highest BCUT2D eigenvalue weighted by atomic mass is 19.4. The van der Waals surface area contributed by atoms with Crippen molar-refractivity contribution in [2.24, 2.45) is 5.92 Å². The number of carbonyl (C=O) groups is 2. The van der Waals surface area contributed by atoms with Crippen LogP contribution >= 0.6 is 0 Å². The van der Waals surface area contributed by atoms with Gasteiger partial charge in [-0.3, -0.25) is 9.59 Å². The first kappa shape index (κ1) is 18.7. The predicted octanol–water partition coefficient (Wildman–Crippen LogP) is 4.35. The molecule has 1 aliphatic rings. The topological polar surface area (TPSA) is 63.6 Å². The zero-order valence-corrected chi connectivity index (χ0v) is 14.0. The van der Waals surface area contributed by atoms with Gasteiger partial charge in [0, 0.05) is 16.7 Å². The van der Waals surface area contributed by atoms with Crippen molar-refractivity contribution in [3.05, 3.63) is 70.8 Å². The maximum absolute atomic E-state index is 13.3. The van der Waals surface area contributed by atoms with E-state index in [-0.39, 0.29) is 18.0 Å². The Bertz CT molecular complexity index is 901. The van der Waals surface area contributed by atoms with Gasteiger partial charge in [0.1, 0.15) is 12.4 Å². The van der Waals surface area contributed by atoms with Gasteiger partial charge in [0.05, 0.1) is 12.3 Å². The monoisotopic (exact) mass is 376 g/mol. The molecule has 1 atom stereocenters. The first-order chi connectivity index (χ1) is 12.8. The number of carboxylic acid groups (broad SMARTS) is 1. The second-order valence-electron chi connectivity index (χ2n) is 6.15. The van der Waals surface area contributed by atoms with Crippen molar-refractivity contribution in [3.63, 3.8) is 0 Å². The summed E-state index contributed by atoms with van der Waals surface area (Å²) >= 11 is 0. The Morgan fingerprint density at radius 3 is 2.41 bits per heavy atom. The molecule has 4 nitrogen and oxygen atoms in total. The molecule has 0 aliphatic carbocycles. The quantitative estimate of drug-likeness (QED) is 0.789. The number of halogens is 3. The van der Waals surface area contributed by atoms with Crippen LogP contribution in [0.2, 0.25) is 0 Å². The second kappa shape index (κ2) is 7.26. The third-order valence-electron chi connectivity index (χ3n) is 4.26. The molecular formula is C20H15F3O4. The van der Waals surface area contributed by atoms with Gasteiger partial charge in [0.25, 0.3) is 0 Å². The summed E-state index contributed by atoms with van der Waals surface area (Å²) in [5.41, 5.74) is 0.902. The summed E-state index contributed by atoms with van der Waals surface area (Å²) in [4.78, 5) is 23.4. The number of carbonyl (C=O) groups excluding carboxylic acids is 1. The lowest BCUT2D eigenvalue weighted by Gasteiger charge is -2.26. The van der Waals surface area contributed by atoms with Gasteiger partial charge in [-0.05, 0) is 29.8 Å². The third-order valence-corrected chi connectivity index (χ3v) is 4.26. The Kier molecular flexibility index (Phi) is 5.03. The number of fused-ring (bicyclic) bond motifs is 1. The molecule has 0 fully saturated rings. The lowest BCUT2D eigenvalue weighted by atomic mass is 9.91. The Hall–Kier alpha value is -3.09. The van der Waals surface area contributed by atoms with E-state index in [1.165, 1.54) is 18.2 Å². The molecule has 2 aromatic rings. The summed E-state index contributed by atoms with van der Waals surface area (Å²) in [6.07, 6.45) is -4.51. The van der Waals surface area contributed by atoms with Gasteiger partial charge in [-0.1, -0.05) is 30.3 Å². The van der Waals surface area contributed by atoms with Gasteiger partial charge < -0.3 is 9.84 Å². The van der Waals surface area contributed by atoms with E-state index in [1.54, 1.807) is 36.4 Å². The van der Waals surface area contributed by atoms with E-state index in [9.17, 15) is 22.8 Å². The number of aliphatic carboxylic acids is 1. The van der Waals surface area contributed by atoms with Crippen molar-refractivity contribution in [3.8, 4) is 5.75 Å². The van der Waals surface area contributed by atoms with Gasteiger partial charge in [0.2, 0.25) is 0 Å². The molecule has 1 heterocycles. The van der Waals surface area contributed by atoms with Gasteiger partial charge in [0.15, 0.2) is 5.78 Å². The highest BCUT2D eigenvalue weighted by molar-refractivity contribution is 6.09. The molecule has 140 valence electrons. The maximum Gasteiger partial charge on any atom is 0.396 e. The van der Waals surface area contributed by atoms with Crippen LogP contribution in [0.1, 0.15) is 27.9 Å². The second-order valence-corrected chi connectivity index (χ2v) is 6.15. The van der Waals surface area contributed by atoms with Crippen LogP contribution in [0, 0.1) is 5.92 Å². The highest BCUT2D eigenvalue weighted by Gasteiger charge is 2.44. The predicted molar refractivity (Wildman–Crippen MR) is 91.6 cm³/mol. The first-order valence-electron chi connectivity index (χ1n) is 8.11. The van der Waals surface area contributed by atoms with Crippen LogP contribution in [0.4, 0.5) is 13.2 Å². The molecule has 27 heavy (non-hydrogen) atoms. The number of ether oxygens (including phenoxy) is 1. The average Bonchev–Trinajstić information content (AvgIpc) is 2.64. The molecular weight excluding hydrogens is 361 g/mol. The minimum absolute atomic E-state index is 0.179. The minimum atomic E-state index is -4.71. The Balaban J connectivity index is 1.96. The minimum Gasteiger partial charge on any atom is -0.489 e. The Labute approximate surface area is 152 Å². The van der Waals surface area contributed by atoms with Crippen LogP contribution < -0.4 is 4.74 Å². The Morgan fingerprint density at radius 1 is 1.07 bits per heavy atom. The molecule has 0 saturated heterocycles. The van der Waals surface area contributed by atoms with E-state index in [2.05, 4.69) is 0 Å². The highest BCUT2D eigenvalue weighted by Crippen LogP contribution is 2.39. The molecule has 0 bridgehead atoms. The molecule has 2 aromatic carbocycles. The van der Waals surface area contributed by atoms with Crippen LogP contribution in [0.5, 0.6) is 5.75 Å². The SMILES string of the molecule is O=C(O)CC(C1=Cc2cc(C(=O)c3ccccc3)ccc2OC1)C(F)(F)F. The van der Waals surface area contributed by atoms with E-state index in [0.717, 1.165) is 0 Å². The van der Waals surface area contributed by atoms with Crippen molar-refractivity contribution in [1.82, 2.24) is 0 Å². The standard InChI is InChI=1S/C20H15F3O4/c21-20(22,23)16(10-18(24)25)15-9-14-8-13(6-7-17(14)27-11-15)19(26)12-4-2-1-3-5-12/h1-9,16H,10-11H2,(H,24,25). The van der Waals surface area contributed by atoms with E-state index in [4.69, 9.17) is 9.84 Å². The van der Waals surface area contributed by atoms with Crippen LogP contribution in [-0.2, 0) is 4.79 Å². The molecule has 0 radical (unpaired) electrons. The molecule has 1 N–H and O–H groups in total. The number of carboxylic acids is 1. The fourth-order valence-electron chi connectivity index (χ4n) is 2.93. The number of benzene rings is 2. The zero-order chi connectivity index (χ0) is 19.6. The van der Waals surface area contributed by atoms with E-state index >= 15 is 0 Å². The molecule has 0 aromatic heterocycles. The van der Waals surface area contributed by atoms with Gasteiger partial charge in [-0.25, -0.2) is 0 Å². The number of hydrogen-bond donors (Lipinski definition) is 1. The smallest absolute Gasteiger partial charge is 0.396 e. The van der Waals surface area contributed by atoms with Crippen molar-refractivity contribution in [2.45, 2.75) is 12.6 Å². The molecule has 0 amide bonds. The van der Waals surface area contributed by atoms with Gasteiger partial charge in [-0.15, -0.1) is 0 Å². The number of rotatable bonds is 5. The largest absolute Gasteiger partial charge is 0.489 e. The molecule has 0 saturated carbocycles. The Morgan fingerprint density at radius 2 is 1.78 bits per heavy atom. The van der Waals surface area contributed by atoms with Gasteiger partial charge >= 0.3 is 12.1 Å². The number of ketones is 1. The summed E-state index contributed by atoms with van der Waals surface area (Å²) in [5, 5.41) is 8.80. The number of hydrogen-bond acceptors (Lipinski definition) is 3. The molecule has 7 heteroatoms. The van der Waals surface area contributed by atoms with Crippen molar-refractivity contribution in [2.75, 3.05) is 6.61 Å². The summed E-state index contributed by atoms with van der Waals surface area (Å²) in [7, 11) is 0. The van der Waals surface area contributed by atoms with Crippen molar-refractivity contribution < 1.29 is 32.6 Å². The maximum atomic E-state index is 13.3. The summed E-state index contributed by atoms with van der Waals surface area (Å²) in [5.74, 6) is -3.61. The molecule has 0 spiro atoms. The summed E-state index contributed by atoms with van der Waals surface area (Å²) in [6, 6.07) is 13.0. The molecule has 3 rings (SSSR count). The zero-order valence-electron chi connectivity index (χ0n) is 14.0. The van der Waals surface area contributed by atoms with Crippen molar-refractivity contribution >= 4 is 17.8 Å². The normalized spacial score (nSPS) is 14.6. The van der Waals surface area contributed by atoms with Gasteiger partial charge in [-0.2, -0.15) is 13.2 Å². The summed E-state index contributed by atoms with van der Waals surface area (Å²) in [6.45, 7) is -0.351. The third kappa shape index (κ3) is 4.19. The average molecular weight is 376 g/mol. The number of alkyl halides is 3. The summed E-state index contributed by atoms with van der Waals surface area (Å²) < 4.78 is 45.1. The lowest BCUT2D eigenvalue weighted by molar-refractivity contribution is -0.174. The van der Waals surface area contributed by atoms with E-state index in [0.29, 0.717) is 22.4 Å². The fourth-order valence-corrected chi connectivity index (χ4v) is 2.93. The van der Waals surface area contributed by atoms with Crippen LogP contribution in [-0.4, -0.2) is 29.6 Å². The van der Waals surface area contributed by atoms with E-state index in [1.807, 2.05) is 0 Å². The van der Waals surface area contributed by atoms with Crippen LogP contribution in [0.3, 0.4) is 0 Å². The van der Waals surface area contributed by atoms with Crippen LogP contribution in [0.15, 0.2) is 54.1 Å². The molecule has 1 aliphatic heterocycles. The van der Waals surface area contributed by atoms with Crippen LogP contribution in [0.25, 0.3) is 6.08 Å². The molecule has 1 unspecified atom stereocenters. The fraction of sp³-hybridized carbons (Fsp3) is 0.200.